The molecule has 1 aliphatic heterocycles. The van der Waals surface area contributed by atoms with Crippen LogP contribution in [-0.2, 0) is 4.79 Å². The summed E-state index contributed by atoms with van der Waals surface area (Å²) in [5.41, 5.74) is 0. The summed E-state index contributed by atoms with van der Waals surface area (Å²) in [6.45, 7) is 2.10. The summed E-state index contributed by atoms with van der Waals surface area (Å²) < 4.78 is 0. The van der Waals surface area contributed by atoms with E-state index < -0.39 is 0 Å². The molecule has 0 aliphatic carbocycles. The van der Waals surface area contributed by atoms with Crippen LogP contribution in [-0.4, -0.2) is 11.9 Å². The second-order valence-electron chi connectivity index (χ2n) is 2.73. The predicted molar refractivity (Wildman–Crippen MR) is 43.8 cm³/mol. The normalized spacial score (nSPS) is 22.3. The minimum absolute atomic E-state index is 0.133. The third-order valence-corrected chi connectivity index (χ3v) is 1.65. The molecule has 1 unspecified atom stereocenters. The van der Waals surface area contributed by atoms with Crippen LogP contribution in [0.4, 0.5) is 0 Å². The summed E-state index contributed by atoms with van der Waals surface area (Å²) in [4.78, 5) is 10.7. The molecule has 2 heteroatoms. The van der Waals surface area contributed by atoms with Crippen LogP contribution in [0.1, 0.15) is 32.6 Å². The lowest BCUT2D eigenvalue weighted by atomic mass is 10.2. The van der Waals surface area contributed by atoms with Crippen LogP contribution < -0.4 is 5.32 Å². The summed E-state index contributed by atoms with van der Waals surface area (Å²) in [5.74, 6) is 6.20. The van der Waals surface area contributed by atoms with Gasteiger partial charge in [-0.05, 0) is 12.8 Å². The lowest BCUT2D eigenvalue weighted by molar-refractivity contribution is -0.119. The molecule has 1 aliphatic rings. The van der Waals surface area contributed by atoms with Crippen molar-refractivity contribution in [3.8, 4) is 11.8 Å². The van der Waals surface area contributed by atoms with E-state index in [1.54, 1.807) is 0 Å². The second kappa shape index (κ2) is 4.02. The monoisotopic (exact) mass is 151 g/mol. The van der Waals surface area contributed by atoms with E-state index in [1.165, 1.54) is 0 Å². The molecule has 1 N–H and O–H groups in total. The van der Waals surface area contributed by atoms with E-state index in [0.717, 1.165) is 19.3 Å². The topological polar surface area (TPSA) is 29.1 Å². The fourth-order valence-corrected chi connectivity index (χ4v) is 1.04. The maximum Gasteiger partial charge on any atom is 0.221 e. The largest absolute Gasteiger partial charge is 0.342 e. The van der Waals surface area contributed by atoms with Crippen LogP contribution in [0, 0.1) is 11.8 Å². The third-order valence-electron chi connectivity index (χ3n) is 1.65. The Hall–Kier alpha value is -0.970. The Morgan fingerprint density at radius 3 is 3.09 bits per heavy atom. The van der Waals surface area contributed by atoms with Gasteiger partial charge in [-0.15, -0.1) is 5.92 Å². The SMILES string of the molecule is CCCC#CC1CCC(=O)N1. The Morgan fingerprint density at radius 1 is 1.73 bits per heavy atom. The van der Waals surface area contributed by atoms with Crippen molar-refractivity contribution in [2.45, 2.75) is 38.6 Å². The van der Waals surface area contributed by atoms with Crippen molar-refractivity contribution in [3.05, 3.63) is 0 Å². The number of rotatable bonds is 1. The standard InChI is InChI=1S/C9H13NO/c1-2-3-4-5-8-6-7-9(11)10-8/h8H,2-3,6-7H2,1H3,(H,10,11). The summed E-state index contributed by atoms with van der Waals surface area (Å²) in [6.07, 6.45) is 3.56. The van der Waals surface area contributed by atoms with Crippen molar-refractivity contribution in [2.75, 3.05) is 0 Å². The van der Waals surface area contributed by atoms with E-state index in [9.17, 15) is 4.79 Å². The maximum atomic E-state index is 10.7. The van der Waals surface area contributed by atoms with E-state index >= 15 is 0 Å². The zero-order chi connectivity index (χ0) is 8.10. The molecular weight excluding hydrogens is 138 g/mol. The lowest BCUT2D eigenvalue weighted by Gasteiger charge is -1.97. The fraction of sp³-hybridized carbons (Fsp3) is 0.667. The first-order valence-electron chi connectivity index (χ1n) is 4.10. The summed E-state index contributed by atoms with van der Waals surface area (Å²) in [7, 11) is 0. The van der Waals surface area contributed by atoms with Crippen LogP contribution in [0.5, 0.6) is 0 Å². The van der Waals surface area contributed by atoms with Gasteiger partial charge in [-0.3, -0.25) is 4.79 Å². The van der Waals surface area contributed by atoms with Gasteiger partial charge in [0.15, 0.2) is 0 Å². The van der Waals surface area contributed by atoms with Crippen LogP contribution in [0.3, 0.4) is 0 Å². The highest BCUT2D eigenvalue weighted by Crippen LogP contribution is 2.04. The van der Waals surface area contributed by atoms with Crippen molar-refractivity contribution in [1.29, 1.82) is 0 Å². The molecule has 1 fully saturated rings. The smallest absolute Gasteiger partial charge is 0.221 e. The molecule has 0 aromatic carbocycles. The van der Waals surface area contributed by atoms with Gasteiger partial charge in [-0.25, -0.2) is 0 Å². The number of nitrogens with one attached hydrogen (secondary N) is 1. The molecule has 0 spiro atoms. The van der Waals surface area contributed by atoms with Gasteiger partial charge in [0.05, 0.1) is 6.04 Å². The molecule has 1 rings (SSSR count). The molecule has 1 amide bonds. The summed E-state index contributed by atoms with van der Waals surface area (Å²) in [6, 6.07) is 0.133. The van der Waals surface area contributed by atoms with E-state index in [-0.39, 0.29) is 11.9 Å². The average Bonchev–Trinajstić information content (AvgIpc) is 2.37. The summed E-state index contributed by atoms with van der Waals surface area (Å²) in [5, 5.41) is 2.80. The number of carbonyl (C=O) groups is 1. The zero-order valence-corrected chi connectivity index (χ0v) is 6.81. The van der Waals surface area contributed by atoms with Gasteiger partial charge in [-0.1, -0.05) is 12.8 Å². The molecule has 1 heterocycles. The molecular formula is C9H13NO. The Labute approximate surface area is 67.4 Å². The van der Waals surface area contributed by atoms with Crippen molar-refractivity contribution in [2.24, 2.45) is 0 Å². The van der Waals surface area contributed by atoms with Gasteiger partial charge in [0, 0.05) is 12.8 Å². The first-order chi connectivity index (χ1) is 5.33. The van der Waals surface area contributed by atoms with Crippen LogP contribution in [0.2, 0.25) is 0 Å². The average molecular weight is 151 g/mol. The van der Waals surface area contributed by atoms with Gasteiger partial charge in [0.25, 0.3) is 0 Å². The molecule has 0 aromatic heterocycles. The van der Waals surface area contributed by atoms with Crippen LogP contribution >= 0.6 is 0 Å². The number of carbonyl (C=O) groups excluding carboxylic acids is 1. The number of unbranched alkanes of at least 4 members (excludes halogenated alkanes) is 1. The predicted octanol–water partition coefficient (Wildman–Crippen LogP) is 1.07. The minimum atomic E-state index is 0.133. The van der Waals surface area contributed by atoms with E-state index in [1.807, 2.05) is 0 Å². The van der Waals surface area contributed by atoms with Gasteiger partial charge in [-0.2, -0.15) is 0 Å². The van der Waals surface area contributed by atoms with Gasteiger partial charge >= 0.3 is 0 Å². The fourth-order valence-electron chi connectivity index (χ4n) is 1.04. The first kappa shape index (κ1) is 8.13. The highest BCUT2D eigenvalue weighted by Gasteiger charge is 2.17. The molecule has 2 nitrogen and oxygen atoms in total. The third kappa shape index (κ3) is 2.63. The van der Waals surface area contributed by atoms with E-state index in [0.29, 0.717) is 6.42 Å². The molecule has 1 saturated heterocycles. The Balaban J connectivity index is 2.29. The Morgan fingerprint density at radius 2 is 2.55 bits per heavy atom. The maximum absolute atomic E-state index is 10.7. The van der Waals surface area contributed by atoms with E-state index in [4.69, 9.17) is 0 Å². The molecule has 0 radical (unpaired) electrons. The van der Waals surface area contributed by atoms with Crippen molar-refractivity contribution < 1.29 is 4.79 Å². The number of hydrogen-bond donors (Lipinski definition) is 1. The van der Waals surface area contributed by atoms with Crippen molar-refractivity contribution >= 4 is 5.91 Å². The highest BCUT2D eigenvalue weighted by molar-refractivity contribution is 5.79. The highest BCUT2D eigenvalue weighted by atomic mass is 16.1. The van der Waals surface area contributed by atoms with Crippen molar-refractivity contribution in [3.63, 3.8) is 0 Å². The molecule has 11 heavy (non-hydrogen) atoms. The van der Waals surface area contributed by atoms with Gasteiger partial charge in [0.2, 0.25) is 5.91 Å². The molecule has 60 valence electrons. The summed E-state index contributed by atoms with van der Waals surface area (Å²) >= 11 is 0. The Kier molecular flexibility index (Phi) is 2.97. The first-order valence-corrected chi connectivity index (χ1v) is 4.10. The minimum Gasteiger partial charge on any atom is -0.342 e. The molecule has 1 atom stereocenters. The zero-order valence-electron chi connectivity index (χ0n) is 6.81. The Bertz CT molecular complexity index is 199. The number of amides is 1. The lowest BCUT2D eigenvalue weighted by Crippen LogP contribution is -2.23. The van der Waals surface area contributed by atoms with E-state index in [2.05, 4.69) is 24.1 Å². The number of hydrogen-bond acceptors (Lipinski definition) is 1. The van der Waals surface area contributed by atoms with Gasteiger partial charge in [0.1, 0.15) is 0 Å². The quantitative estimate of drug-likeness (QED) is 0.558. The van der Waals surface area contributed by atoms with Crippen LogP contribution in [0.25, 0.3) is 0 Å². The second-order valence-corrected chi connectivity index (χ2v) is 2.73. The molecule has 0 aromatic rings. The van der Waals surface area contributed by atoms with Crippen LogP contribution in [0.15, 0.2) is 0 Å². The molecule has 0 bridgehead atoms. The molecule has 0 saturated carbocycles. The van der Waals surface area contributed by atoms with Crippen molar-refractivity contribution in [1.82, 2.24) is 5.32 Å². The van der Waals surface area contributed by atoms with Gasteiger partial charge < -0.3 is 5.32 Å².